The lowest BCUT2D eigenvalue weighted by Gasteiger charge is -2.40. The topological polar surface area (TPSA) is 499 Å². The molecule has 4 aromatic heterocycles. The van der Waals surface area contributed by atoms with Crippen molar-refractivity contribution in [2.75, 3.05) is 44.5 Å². The first kappa shape index (κ1) is 112. The van der Waals surface area contributed by atoms with E-state index >= 15 is 0 Å². The van der Waals surface area contributed by atoms with Gasteiger partial charge in [-0.15, -0.1) is 0 Å². The summed E-state index contributed by atoms with van der Waals surface area (Å²) in [5.74, 6) is 5.37. The average Bonchev–Trinajstić information content (AvgIpc) is 1.71. The van der Waals surface area contributed by atoms with Crippen LogP contribution < -0.4 is 50.7 Å². The van der Waals surface area contributed by atoms with Crippen molar-refractivity contribution in [3.8, 4) is 0 Å². The Morgan fingerprint density at radius 3 is 1.15 bits per heavy atom. The predicted molar refractivity (Wildman–Crippen MR) is 464 cm³/mol. The van der Waals surface area contributed by atoms with Gasteiger partial charge in [-0.1, -0.05) is 144 Å². The minimum Gasteiger partial charge on any atom is -0.409 e. The monoisotopic (exact) mass is 1790 g/mol. The van der Waals surface area contributed by atoms with Crippen molar-refractivity contribution in [2.24, 2.45) is 17.7 Å². The summed E-state index contributed by atoms with van der Waals surface area (Å²) < 4.78 is 69.5. The molecule has 4 unspecified atom stereocenters. The second-order valence-electron chi connectivity index (χ2n) is 31.6. The van der Waals surface area contributed by atoms with Crippen molar-refractivity contribution in [3.05, 3.63) is 141 Å². The lowest BCUT2D eigenvalue weighted by molar-refractivity contribution is -0.0550. The van der Waals surface area contributed by atoms with Crippen LogP contribution in [0.2, 0.25) is 36.3 Å². The molecular formula is C75H134ClN11O24S4Si2. The number of hydrogen-bond acceptors (Lipinski definition) is 31. The van der Waals surface area contributed by atoms with E-state index in [1.54, 1.807) is 11.7 Å². The van der Waals surface area contributed by atoms with E-state index in [0.29, 0.717) is 10.8 Å². The summed E-state index contributed by atoms with van der Waals surface area (Å²) in [5, 5.41) is 73.9. The van der Waals surface area contributed by atoms with Gasteiger partial charge in [-0.2, -0.15) is 23.5 Å². The van der Waals surface area contributed by atoms with Crippen LogP contribution in [0.1, 0.15) is 217 Å². The molecule has 5 saturated heterocycles. The molecule has 1 aromatic carbocycles. The Labute approximate surface area is 710 Å². The number of halogens is 1. The molecule has 5 aliphatic rings. The lowest BCUT2D eigenvalue weighted by Crippen LogP contribution is -2.47. The molecule has 672 valence electrons. The summed E-state index contributed by atoms with van der Waals surface area (Å²) >= 11 is 7.33. The van der Waals surface area contributed by atoms with Gasteiger partial charge in [-0.05, 0) is 109 Å². The molecule has 0 bridgehead atoms. The second kappa shape index (κ2) is 51.0. The number of anilines is 2. The van der Waals surface area contributed by atoms with Gasteiger partial charge >= 0.3 is 22.8 Å². The van der Waals surface area contributed by atoms with Crippen LogP contribution in [-0.2, 0) is 68.8 Å². The summed E-state index contributed by atoms with van der Waals surface area (Å²) in [5.41, 5.74) is 2.97. The number of H-pyrrole nitrogens is 2. The van der Waals surface area contributed by atoms with Gasteiger partial charge < -0.3 is 68.0 Å². The highest BCUT2D eigenvalue weighted by atomic mass is 35.7. The van der Waals surface area contributed by atoms with E-state index in [0.717, 1.165) is 64.1 Å². The number of rotatable bonds is 18. The van der Waals surface area contributed by atoms with Gasteiger partial charge in [0, 0.05) is 95.0 Å². The largest absolute Gasteiger partial charge is 0.409 e. The van der Waals surface area contributed by atoms with E-state index in [1.807, 2.05) is 64.1 Å². The van der Waals surface area contributed by atoms with Crippen LogP contribution in [0.3, 0.4) is 0 Å². The molecular weight excluding hydrogens is 1660 g/mol. The number of aromatic nitrogens is 8. The fraction of sp³-hybridized carbons (Fsp3) is 0.707. The van der Waals surface area contributed by atoms with Gasteiger partial charge in [0.2, 0.25) is 0 Å². The van der Waals surface area contributed by atoms with Crippen molar-refractivity contribution in [1.82, 2.24) is 38.2 Å². The molecule has 16 atom stereocenters. The lowest BCUT2D eigenvalue weighted by atomic mass is 9.89. The van der Waals surface area contributed by atoms with Gasteiger partial charge in [0.25, 0.3) is 20.2 Å². The highest BCUT2D eigenvalue weighted by Crippen LogP contribution is 2.46. The quantitative estimate of drug-likeness (QED) is 0.0224. The smallest absolute Gasteiger partial charge is 0.351 e. The minimum atomic E-state index is -3.72. The highest BCUT2D eigenvalue weighted by molar-refractivity contribution is 8.13. The third-order valence-corrected chi connectivity index (χ3v) is 30.9. The summed E-state index contributed by atoms with van der Waals surface area (Å²) in [4.78, 5) is 85.5. The Kier molecular flexibility index (Phi) is 48.7. The van der Waals surface area contributed by atoms with Crippen molar-refractivity contribution < 1.29 is 86.8 Å². The summed E-state index contributed by atoms with van der Waals surface area (Å²) in [6, 6.07) is 9.23. The number of hydrogen-bond donors (Lipinski definition) is 13. The Morgan fingerprint density at radius 2 is 0.897 bits per heavy atom. The number of aliphatic hydroxyl groups is 6. The van der Waals surface area contributed by atoms with Crippen LogP contribution >= 0.6 is 24.2 Å². The van der Waals surface area contributed by atoms with Crippen LogP contribution in [-0.4, -0.2) is 199 Å². The molecule has 14 N–H and O–H groups in total. The first-order valence-corrected chi connectivity index (χ1v) is 47.7. The first-order valence-electron chi connectivity index (χ1n) is 38.2. The molecule has 0 aliphatic carbocycles. The third kappa shape index (κ3) is 30.9. The Morgan fingerprint density at radius 1 is 0.590 bits per heavy atom. The second-order valence-corrected chi connectivity index (χ2v) is 43.6. The zero-order valence-electron chi connectivity index (χ0n) is 70.9. The maximum atomic E-state index is 12.4. The molecule has 42 heteroatoms. The molecule has 0 amide bonds. The predicted octanol–water partition coefficient (Wildman–Crippen LogP) is 8.11. The SMILES string of the molecule is C.C1CCOC1.CC.CC(C)c1cc(C(C)C)c(S(=O)(=O)Cl)c(C(C)C)c1.CC[C@H]1O[C@@H](n2ccc(=O)[nH]c2=O)C(O[Si](C)(C)C(C)(C)C)[C@H]1C.CC[C@H]1O[C@@H](n2ccc(NO)nc2=O)C(O[Si](C)(C)C(C)(C)C)[C@H]1C.CON.O=c1ccn([C@@H]2O[C@H](CO)[C@H](O)C2O)c(=O)[nH]1.O=c1nc(NO)ccn1[C@@H]1O[C@H](CO)[C@H](O)C1O.S.S=S. The number of aromatic amines is 2. The Hall–Kier alpha value is -5.28. The van der Waals surface area contributed by atoms with Gasteiger partial charge in [0.15, 0.2) is 53.2 Å². The molecule has 0 saturated carbocycles. The fourth-order valence-electron chi connectivity index (χ4n) is 11.9. The van der Waals surface area contributed by atoms with E-state index in [4.69, 9.17) is 63.8 Å². The number of nitrogens with one attached hydrogen (secondary N) is 4. The average molecular weight is 1790 g/mol. The number of benzene rings is 1. The number of aliphatic hydroxyl groups excluding tert-OH is 6. The molecule has 117 heavy (non-hydrogen) atoms. The van der Waals surface area contributed by atoms with Crippen LogP contribution in [0.4, 0.5) is 11.6 Å². The van der Waals surface area contributed by atoms with Gasteiger partial charge in [0.05, 0.1) is 49.6 Å². The number of nitrogens with two attached hydrogens (primary N) is 1. The normalized spacial score (nSPS) is 24.6. The van der Waals surface area contributed by atoms with Crippen LogP contribution in [0.15, 0.2) is 94.8 Å². The minimum absolute atomic E-state index is 0. The van der Waals surface area contributed by atoms with Gasteiger partial charge in [-0.25, -0.2) is 33.5 Å². The van der Waals surface area contributed by atoms with Crippen molar-refractivity contribution in [3.63, 3.8) is 0 Å². The highest BCUT2D eigenvalue weighted by Gasteiger charge is 2.51. The molecule has 35 nitrogen and oxygen atoms in total. The maximum Gasteiger partial charge on any atom is 0.351 e. The molecule has 10 rings (SSSR count). The first-order chi connectivity index (χ1) is 53.6. The van der Waals surface area contributed by atoms with E-state index in [9.17, 15) is 57.6 Å². The standard InChI is InChI=1S/C17H31N3O4Si.C17H30N2O4Si.C15H23ClO2S.C9H13N3O6.C9H12N2O6.C4H8O.C2H6.CH5NO.CH4.S2.H2S/c1-8-12-11(2)14(24-25(6,7)17(3,4)5)15(23-12)20-10-9-13(19-22)18-16(20)21;1-8-12-11(2)14(23-24(6,7)17(3,4)5)15(22-12)19-10-9-13(20)18-16(19)21;1-9(2)12-7-13(10(3)4)15(19(16,17)18)14(8-12)11(5)6;13-3-4-6(14)7(15)8(18-4)12-2-1-5(11-17)10-9(12)16;12-3-4-6(14)7(15)8(17-4)11-2-1-5(13)10-9(11)16;1-2-4-5-3-1;1-2;1-3-2;;1-2;/h9-12,14-15,22H,8H2,1-7H3,(H,18,19,21);9-12,14-15H,8H2,1-7H3,(H,18,20,21);7-11H,1-6H3;1-2,4,6-8,13-15,17H,3H2,(H,10,11,16);1-2,4,6-8,12,14-15H,3H2,(H,10,13,16);1-4H2;1-2H3;2H2,1H3;1H4;;1H2/t2*11-,12+,14?,15+;;2*4-,6+,7?,8-;;;;;;/m00.11....../s1. The third-order valence-electron chi connectivity index (χ3n) is 20.6. The molecule has 5 aliphatic heterocycles. The summed E-state index contributed by atoms with van der Waals surface area (Å²) in [6.07, 6.45) is -1.11. The Balaban J connectivity index is 0.00000139. The van der Waals surface area contributed by atoms with Crippen molar-refractivity contribution >= 4 is 83.9 Å². The molecule has 9 heterocycles. The fourth-order valence-corrected chi connectivity index (χ4v) is 16.4. The van der Waals surface area contributed by atoms with Crippen LogP contribution in [0.5, 0.6) is 0 Å². The van der Waals surface area contributed by atoms with E-state index in [-0.39, 0.29) is 90.7 Å². The van der Waals surface area contributed by atoms with E-state index in [1.165, 1.54) is 59.7 Å². The van der Waals surface area contributed by atoms with Crippen LogP contribution in [0.25, 0.3) is 0 Å². The zero-order chi connectivity index (χ0) is 88.3. The van der Waals surface area contributed by atoms with Gasteiger partial charge in [0.1, 0.15) is 36.6 Å². The number of nitrogens with zero attached hydrogens (tertiary/aromatic N) is 6. The molecule has 0 spiro atoms. The zero-order valence-corrected chi connectivity index (χ0v) is 77.1. The van der Waals surface area contributed by atoms with Crippen molar-refractivity contribution in [2.45, 2.75) is 303 Å². The Bertz CT molecular complexity index is 4220. The van der Waals surface area contributed by atoms with Gasteiger partial charge in [-0.3, -0.25) is 59.2 Å². The molecule has 5 aromatic rings. The maximum absolute atomic E-state index is 12.4. The summed E-state index contributed by atoms with van der Waals surface area (Å²) in [7, 11) is -0.717. The molecule has 5 fully saturated rings. The molecule has 0 radical (unpaired) electrons. The summed E-state index contributed by atoms with van der Waals surface area (Å²) in [6.45, 7) is 47.6. The number of ether oxygens (including phenoxy) is 5. The van der Waals surface area contributed by atoms with Crippen LogP contribution in [0, 0.1) is 11.8 Å². The van der Waals surface area contributed by atoms with E-state index < -0.39 is 134 Å². The van der Waals surface area contributed by atoms with Crippen molar-refractivity contribution in [1.29, 1.82) is 0 Å². The van der Waals surface area contributed by atoms with E-state index in [2.05, 4.69) is 157 Å².